The van der Waals surface area contributed by atoms with Crippen molar-refractivity contribution in [2.45, 2.75) is 6.54 Å². The molecule has 0 aromatic heterocycles. The van der Waals surface area contributed by atoms with Crippen molar-refractivity contribution in [1.82, 2.24) is 8.61 Å². The van der Waals surface area contributed by atoms with Crippen LogP contribution in [-0.2, 0) is 21.5 Å². The normalized spacial score (nSPS) is 17.1. The van der Waals surface area contributed by atoms with Gasteiger partial charge in [0.25, 0.3) is 10.2 Å². The summed E-state index contributed by atoms with van der Waals surface area (Å²) in [5.74, 6) is -0.963. The van der Waals surface area contributed by atoms with E-state index in [1.807, 2.05) is 0 Å². The highest BCUT2D eigenvalue weighted by Crippen LogP contribution is 2.24. The van der Waals surface area contributed by atoms with Crippen LogP contribution in [0.2, 0.25) is 10.0 Å². The highest BCUT2D eigenvalue weighted by atomic mass is 35.5. The smallest absolute Gasteiger partial charge is 0.282 e. The van der Waals surface area contributed by atoms with Gasteiger partial charge >= 0.3 is 0 Å². The number of hydrogen-bond donors (Lipinski definition) is 1. The Morgan fingerprint density at radius 2 is 1.85 bits per heavy atom. The number of anilines is 1. The third-order valence-corrected chi connectivity index (χ3v) is 6.56. The van der Waals surface area contributed by atoms with Gasteiger partial charge in [-0.25, -0.2) is 4.39 Å². The summed E-state index contributed by atoms with van der Waals surface area (Å²) < 4.78 is 40.7. The van der Waals surface area contributed by atoms with E-state index in [1.54, 1.807) is 24.3 Å². The molecule has 27 heavy (non-hydrogen) atoms. The molecule has 144 valence electrons. The van der Waals surface area contributed by atoms with Gasteiger partial charge in [-0.2, -0.15) is 17.0 Å². The number of amides is 1. The fourth-order valence-corrected chi connectivity index (χ4v) is 4.66. The molecule has 0 atom stereocenters. The van der Waals surface area contributed by atoms with Crippen molar-refractivity contribution in [1.29, 1.82) is 0 Å². The standard InChI is InChI=1S/C17H16Cl2FN3O3S/c18-13-2-1-3-15(8-13)21-17(24)11-23-7-6-22(27(23,25)26)10-12-4-5-14(20)9-16(12)19/h1-5,8-9H,6-7,10-11H2,(H,21,24). The number of nitrogens with one attached hydrogen (secondary N) is 1. The molecule has 0 aliphatic carbocycles. The minimum absolute atomic E-state index is 0.00780. The lowest BCUT2D eigenvalue weighted by molar-refractivity contribution is -0.116. The van der Waals surface area contributed by atoms with E-state index in [4.69, 9.17) is 23.2 Å². The number of halogens is 3. The van der Waals surface area contributed by atoms with Crippen LogP contribution in [-0.4, -0.2) is 42.6 Å². The molecule has 0 spiro atoms. The predicted octanol–water partition coefficient (Wildman–Crippen LogP) is 3.13. The van der Waals surface area contributed by atoms with Gasteiger partial charge in [0.2, 0.25) is 5.91 Å². The fraction of sp³-hybridized carbons (Fsp3) is 0.235. The van der Waals surface area contributed by atoms with Crippen LogP contribution in [0.15, 0.2) is 42.5 Å². The van der Waals surface area contributed by atoms with E-state index >= 15 is 0 Å². The maximum absolute atomic E-state index is 13.1. The zero-order valence-corrected chi connectivity index (χ0v) is 16.4. The lowest BCUT2D eigenvalue weighted by Gasteiger charge is -2.19. The molecule has 10 heteroatoms. The maximum Gasteiger partial charge on any atom is 0.282 e. The average molecular weight is 432 g/mol. The largest absolute Gasteiger partial charge is 0.325 e. The second-order valence-corrected chi connectivity index (χ2v) is 8.74. The SMILES string of the molecule is O=C(CN1CCN(Cc2ccc(F)cc2Cl)S1(=O)=O)Nc1cccc(Cl)c1. The summed E-state index contributed by atoms with van der Waals surface area (Å²) in [6.07, 6.45) is 0. The molecule has 1 aliphatic rings. The van der Waals surface area contributed by atoms with Crippen molar-refractivity contribution < 1.29 is 17.6 Å². The number of rotatable bonds is 5. The van der Waals surface area contributed by atoms with Gasteiger partial charge in [-0.15, -0.1) is 0 Å². The van der Waals surface area contributed by atoms with Crippen molar-refractivity contribution in [3.63, 3.8) is 0 Å². The van der Waals surface area contributed by atoms with Crippen LogP contribution in [0.3, 0.4) is 0 Å². The molecule has 1 saturated heterocycles. The highest BCUT2D eigenvalue weighted by molar-refractivity contribution is 7.87. The van der Waals surface area contributed by atoms with Crippen LogP contribution in [0.4, 0.5) is 10.1 Å². The molecule has 1 heterocycles. The molecule has 2 aromatic carbocycles. The Hall–Kier alpha value is -1.71. The lowest BCUT2D eigenvalue weighted by atomic mass is 10.2. The summed E-state index contributed by atoms with van der Waals surface area (Å²) in [6, 6.07) is 10.4. The Balaban J connectivity index is 1.65. The molecule has 6 nitrogen and oxygen atoms in total. The van der Waals surface area contributed by atoms with Crippen LogP contribution in [0.1, 0.15) is 5.56 Å². The molecule has 0 saturated carbocycles. The predicted molar refractivity (Wildman–Crippen MR) is 102 cm³/mol. The van der Waals surface area contributed by atoms with Crippen LogP contribution >= 0.6 is 23.2 Å². The highest BCUT2D eigenvalue weighted by Gasteiger charge is 2.37. The van der Waals surface area contributed by atoms with Crippen LogP contribution in [0.25, 0.3) is 0 Å². The molecule has 1 N–H and O–H groups in total. The quantitative estimate of drug-likeness (QED) is 0.790. The molecular formula is C17H16Cl2FN3O3S. The Kier molecular flexibility index (Phi) is 6.02. The van der Waals surface area contributed by atoms with Gasteiger partial charge < -0.3 is 5.32 Å². The van der Waals surface area contributed by atoms with Gasteiger partial charge in [-0.1, -0.05) is 35.3 Å². The number of hydrogen-bond acceptors (Lipinski definition) is 3. The minimum Gasteiger partial charge on any atom is -0.325 e. The Morgan fingerprint density at radius 1 is 1.11 bits per heavy atom. The zero-order valence-electron chi connectivity index (χ0n) is 14.0. The van der Waals surface area contributed by atoms with Gasteiger partial charge in [0.05, 0.1) is 6.54 Å². The summed E-state index contributed by atoms with van der Waals surface area (Å²) in [5.41, 5.74) is 0.978. The van der Waals surface area contributed by atoms with Crippen molar-refractivity contribution in [3.05, 3.63) is 63.9 Å². The van der Waals surface area contributed by atoms with E-state index in [9.17, 15) is 17.6 Å². The second-order valence-electron chi connectivity index (χ2n) is 5.97. The van der Waals surface area contributed by atoms with E-state index in [0.717, 1.165) is 10.4 Å². The fourth-order valence-electron chi connectivity index (χ4n) is 2.71. The number of carbonyl (C=O) groups excluding carboxylic acids is 1. The number of nitrogens with zero attached hydrogens (tertiary/aromatic N) is 2. The number of carbonyl (C=O) groups is 1. The molecule has 0 bridgehead atoms. The average Bonchev–Trinajstić information content (AvgIpc) is 2.84. The van der Waals surface area contributed by atoms with Crippen molar-refractivity contribution in [3.8, 4) is 0 Å². The van der Waals surface area contributed by atoms with Gasteiger partial charge in [0.15, 0.2) is 0 Å². The van der Waals surface area contributed by atoms with E-state index < -0.39 is 21.9 Å². The first kappa shape index (κ1) is 20.0. The first-order valence-electron chi connectivity index (χ1n) is 8.00. The summed E-state index contributed by atoms with van der Waals surface area (Å²) >= 11 is 11.8. The maximum atomic E-state index is 13.1. The molecule has 3 rings (SSSR count). The minimum atomic E-state index is -3.82. The molecule has 2 aromatic rings. The van der Waals surface area contributed by atoms with Crippen LogP contribution in [0, 0.1) is 5.82 Å². The monoisotopic (exact) mass is 431 g/mol. The van der Waals surface area contributed by atoms with E-state index in [1.165, 1.54) is 16.4 Å². The van der Waals surface area contributed by atoms with Gasteiger partial charge in [0.1, 0.15) is 5.82 Å². The molecular weight excluding hydrogens is 416 g/mol. The van der Waals surface area contributed by atoms with E-state index in [-0.39, 0.29) is 31.2 Å². The third kappa shape index (κ3) is 4.77. The first-order valence-corrected chi connectivity index (χ1v) is 10.2. The van der Waals surface area contributed by atoms with E-state index in [2.05, 4.69) is 5.32 Å². The third-order valence-electron chi connectivity index (χ3n) is 4.04. The van der Waals surface area contributed by atoms with Gasteiger partial charge in [-0.3, -0.25) is 4.79 Å². The molecule has 1 fully saturated rings. The molecule has 1 amide bonds. The Morgan fingerprint density at radius 3 is 2.56 bits per heavy atom. The van der Waals surface area contributed by atoms with Crippen molar-refractivity contribution in [2.24, 2.45) is 0 Å². The summed E-state index contributed by atoms with van der Waals surface area (Å²) in [5, 5.41) is 3.23. The molecule has 1 aliphatic heterocycles. The Bertz CT molecular complexity index is 972. The second kappa shape index (κ2) is 8.12. The van der Waals surface area contributed by atoms with Gasteiger partial charge in [-0.05, 0) is 35.9 Å². The Labute approximate surface area is 166 Å². The molecule has 0 radical (unpaired) electrons. The molecule has 0 unspecified atom stereocenters. The summed E-state index contributed by atoms with van der Waals surface area (Å²) in [4.78, 5) is 12.2. The number of benzene rings is 2. The summed E-state index contributed by atoms with van der Waals surface area (Å²) in [6.45, 7) is 0.0704. The van der Waals surface area contributed by atoms with Crippen LogP contribution < -0.4 is 5.32 Å². The summed E-state index contributed by atoms with van der Waals surface area (Å²) in [7, 11) is -3.82. The topological polar surface area (TPSA) is 69.7 Å². The lowest BCUT2D eigenvalue weighted by Crippen LogP contribution is -2.37. The van der Waals surface area contributed by atoms with E-state index in [0.29, 0.717) is 16.3 Å². The van der Waals surface area contributed by atoms with Gasteiger partial charge in [0, 0.05) is 35.4 Å². The van der Waals surface area contributed by atoms with Crippen molar-refractivity contribution in [2.75, 3.05) is 25.0 Å². The zero-order chi connectivity index (χ0) is 19.6. The first-order chi connectivity index (χ1) is 12.8. The van der Waals surface area contributed by atoms with Crippen LogP contribution in [0.5, 0.6) is 0 Å². The van der Waals surface area contributed by atoms with Crippen molar-refractivity contribution >= 4 is 45.0 Å².